The van der Waals surface area contributed by atoms with Crippen molar-refractivity contribution in [3.63, 3.8) is 0 Å². The number of nitrogens with one attached hydrogen (secondary N) is 1. The second kappa shape index (κ2) is 3.45. The van der Waals surface area contributed by atoms with E-state index in [4.69, 9.17) is 10.1 Å². The Kier molecular flexibility index (Phi) is 2.65. The molecule has 2 nitrogen and oxygen atoms in total. The summed E-state index contributed by atoms with van der Waals surface area (Å²) in [5.74, 6) is 1.48. The molecule has 1 aliphatic rings. The Hall–Kier alpha value is -1.31. The van der Waals surface area contributed by atoms with Crippen LogP contribution in [0.2, 0.25) is 0 Å². The lowest BCUT2D eigenvalue weighted by molar-refractivity contribution is 0.224. The van der Waals surface area contributed by atoms with E-state index >= 15 is 0 Å². The highest BCUT2D eigenvalue weighted by molar-refractivity contribution is 5.99. The van der Waals surface area contributed by atoms with Crippen molar-refractivity contribution in [3.8, 4) is 0 Å². The van der Waals surface area contributed by atoms with E-state index in [1.165, 1.54) is 0 Å². The second-order valence-corrected chi connectivity index (χ2v) is 4.55. The van der Waals surface area contributed by atoms with Crippen LogP contribution in [0.1, 0.15) is 27.7 Å². The molecule has 1 N–H and O–H groups in total. The van der Waals surface area contributed by atoms with Gasteiger partial charge in [-0.05, 0) is 19.1 Å². The van der Waals surface area contributed by atoms with Crippen molar-refractivity contribution >= 4 is 5.71 Å². The highest BCUT2D eigenvalue weighted by atomic mass is 16.5. The fraction of sp³-hybridized carbons (Fsp3) is 0.417. The second-order valence-electron chi connectivity index (χ2n) is 4.55. The minimum Gasteiger partial charge on any atom is -0.462 e. The van der Waals surface area contributed by atoms with Crippen LogP contribution in [0.4, 0.5) is 0 Å². The van der Waals surface area contributed by atoms with Crippen molar-refractivity contribution in [3.05, 3.63) is 35.8 Å². The Labute approximate surface area is 85.5 Å². The lowest BCUT2D eigenvalue weighted by Crippen LogP contribution is -2.15. The van der Waals surface area contributed by atoms with Gasteiger partial charge in [0.2, 0.25) is 0 Å². The van der Waals surface area contributed by atoms with Gasteiger partial charge < -0.3 is 10.1 Å². The van der Waals surface area contributed by atoms with Crippen LogP contribution in [0, 0.1) is 10.8 Å². The molecule has 0 saturated carbocycles. The van der Waals surface area contributed by atoms with Gasteiger partial charge in [0.15, 0.2) is 0 Å². The summed E-state index contributed by atoms with van der Waals surface area (Å²) in [7, 11) is 0. The van der Waals surface area contributed by atoms with Gasteiger partial charge in [-0.25, -0.2) is 0 Å². The molecule has 0 bridgehead atoms. The zero-order valence-corrected chi connectivity index (χ0v) is 9.27. The van der Waals surface area contributed by atoms with Crippen LogP contribution in [0.15, 0.2) is 35.8 Å². The maximum atomic E-state index is 7.56. The van der Waals surface area contributed by atoms with Gasteiger partial charge in [0.05, 0.1) is 0 Å². The van der Waals surface area contributed by atoms with Crippen molar-refractivity contribution in [1.29, 1.82) is 5.41 Å². The van der Waals surface area contributed by atoms with Crippen molar-refractivity contribution in [2.24, 2.45) is 5.41 Å². The molecule has 0 aliphatic carbocycles. The standard InChI is InChI=1S/C12H17NO/c1-8-6-10(9(2)13)7-11(14-8)12(3,4)5/h6-7,13H,1H2,2-5H3. The van der Waals surface area contributed by atoms with Gasteiger partial charge >= 0.3 is 0 Å². The first-order chi connectivity index (χ1) is 6.30. The van der Waals surface area contributed by atoms with Gasteiger partial charge in [-0.15, -0.1) is 0 Å². The molecular formula is C12H17NO. The molecule has 1 heterocycles. The normalized spacial score (nSPS) is 17.0. The first-order valence-electron chi connectivity index (χ1n) is 4.67. The van der Waals surface area contributed by atoms with E-state index in [0.717, 1.165) is 11.3 Å². The number of hydrogen-bond acceptors (Lipinski definition) is 2. The zero-order valence-electron chi connectivity index (χ0n) is 9.27. The minimum atomic E-state index is -0.0437. The number of allylic oxidation sites excluding steroid dienone is 4. The number of hydrogen-bond donors (Lipinski definition) is 1. The molecule has 1 aliphatic heterocycles. The quantitative estimate of drug-likeness (QED) is 0.633. The summed E-state index contributed by atoms with van der Waals surface area (Å²) in [5, 5.41) is 7.56. The first-order valence-corrected chi connectivity index (χ1v) is 4.67. The molecule has 0 atom stereocenters. The molecule has 0 aromatic heterocycles. The van der Waals surface area contributed by atoms with E-state index in [2.05, 4.69) is 27.4 Å². The van der Waals surface area contributed by atoms with Crippen molar-refractivity contribution < 1.29 is 4.74 Å². The van der Waals surface area contributed by atoms with Crippen LogP contribution in [-0.2, 0) is 4.74 Å². The summed E-state index contributed by atoms with van der Waals surface area (Å²) in [4.78, 5) is 0. The summed E-state index contributed by atoms with van der Waals surface area (Å²) >= 11 is 0. The van der Waals surface area contributed by atoms with Crippen LogP contribution >= 0.6 is 0 Å². The van der Waals surface area contributed by atoms with E-state index in [-0.39, 0.29) is 5.41 Å². The molecule has 14 heavy (non-hydrogen) atoms. The predicted molar refractivity (Wildman–Crippen MR) is 59.2 cm³/mol. The van der Waals surface area contributed by atoms with Crippen molar-refractivity contribution in [2.75, 3.05) is 0 Å². The molecule has 0 saturated heterocycles. The predicted octanol–water partition coefficient (Wildman–Crippen LogP) is 3.43. The Morgan fingerprint density at radius 2 is 1.93 bits per heavy atom. The number of ether oxygens (including phenoxy) is 1. The van der Waals surface area contributed by atoms with Crippen LogP contribution in [0.5, 0.6) is 0 Å². The zero-order chi connectivity index (χ0) is 10.9. The number of rotatable bonds is 1. The van der Waals surface area contributed by atoms with Gasteiger partial charge in [-0.3, -0.25) is 0 Å². The molecule has 0 radical (unpaired) electrons. The van der Waals surface area contributed by atoms with Crippen LogP contribution in [-0.4, -0.2) is 5.71 Å². The van der Waals surface area contributed by atoms with E-state index < -0.39 is 0 Å². The summed E-state index contributed by atoms with van der Waals surface area (Å²) in [6.45, 7) is 11.8. The third-order valence-corrected chi connectivity index (χ3v) is 2.02. The van der Waals surface area contributed by atoms with Crippen molar-refractivity contribution in [1.82, 2.24) is 0 Å². The molecule has 0 unspecified atom stereocenters. The Morgan fingerprint density at radius 1 is 1.36 bits per heavy atom. The fourth-order valence-electron chi connectivity index (χ4n) is 1.14. The average molecular weight is 191 g/mol. The van der Waals surface area contributed by atoms with E-state index in [1.807, 2.05) is 6.08 Å². The molecular weight excluding hydrogens is 174 g/mol. The Balaban J connectivity index is 3.07. The summed E-state index contributed by atoms with van der Waals surface area (Å²) in [6.07, 6.45) is 3.70. The maximum absolute atomic E-state index is 7.56. The Morgan fingerprint density at radius 3 is 2.36 bits per heavy atom. The summed E-state index contributed by atoms with van der Waals surface area (Å²) < 4.78 is 5.52. The molecule has 0 aromatic carbocycles. The van der Waals surface area contributed by atoms with Gasteiger partial charge in [0, 0.05) is 16.7 Å². The van der Waals surface area contributed by atoms with Gasteiger partial charge in [-0.2, -0.15) is 0 Å². The van der Waals surface area contributed by atoms with Gasteiger partial charge in [0.25, 0.3) is 0 Å². The van der Waals surface area contributed by atoms with Crippen LogP contribution in [0.25, 0.3) is 0 Å². The van der Waals surface area contributed by atoms with Crippen molar-refractivity contribution in [2.45, 2.75) is 27.7 Å². The molecule has 0 fully saturated rings. The summed E-state index contributed by atoms with van der Waals surface area (Å²) in [6, 6.07) is 0. The minimum absolute atomic E-state index is 0.0437. The summed E-state index contributed by atoms with van der Waals surface area (Å²) in [5.41, 5.74) is 1.38. The Bertz CT molecular complexity index is 340. The highest BCUT2D eigenvalue weighted by Crippen LogP contribution is 2.32. The van der Waals surface area contributed by atoms with E-state index in [0.29, 0.717) is 11.5 Å². The van der Waals surface area contributed by atoms with Gasteiger partial charge in [0.1, 0.15) is 11.5 Å². The average Bonchev–Trinajstić information content (AvgIpc) is 2.01. The molecule has 0 amide bonds. The molecule has 0 spiro atoms. The molecule has 0 aromatic rings. The van der Waals surface area contributed by atoms with E-state index in [1.54, 1.807) is 13.0 Å². The fourth-order valence-corrected chi connectivity index (χ4v) is 1.14. The first kappa shape index (κ1) is 10.8. The maximum Gasteiger partial charge on any atom is 0.120 e. The lowest BCUT2D eigenvalue weighted by Gasteiger charge is -2.26. The van der Waals surface area contributed by atoms with Crippen LogP contribution in [0.3, 0.4) is 0 Å². The largest absolute Gasteiger partial charge is 0.462 e. The third-order valence-electron chi connectivity index (χ3n) is 2.02. The van der Waals surface area contributed by atoms with Gasteiger partial charge in [-0.1, -0.05) is 27.4 Å². The van der Waals surface area contributed by atoms with Crippen LogP contribution < -0.4 is 0 Å². The van der Waals surface area contributed by atoms with E-state index in [9.17, 15) is 0 Å². The lowest BCUT2D eigenvalue weighted by atomic mass is 9.90. The third kappa shape index (κ3) is 2.34. The molecule has 76 valence electrons. The molecule has 2 heteroatoms. The molecule has 1 rings (SSSR count). The highest BCUT2D eigenvalue weighted by Gasteiger charge is 2.22. The topological polar surface area (TPSA) is 33.1 Å². The smallest absolute Gasteiger partial charge is 0.120 e. The monoisotopic (exact) mass is 191 g/mol. The SMILES string of the molecule is C=C1C=C(C(C)=N)C=C(C(C)(C)C)O1.